The first-order valence-electron chi connectivity index (χ1n) is 6.93. The standard InChI is InChI=1S/C14H19N3O3/c18-12(16-11-6-5-9-15-17-11)10-14(13(19)20)7-3-1-2-4-8-14/h5-6,9H,1-4,7-8,10H2,(H,19,20)(H,16,17,18). The van der Waals surface area contributed by atoms with Crippen LogP contribution in [-0.4, -0.2) is 27.2 Å². The van der Waals surface area contributed by atoms with E-state index in [9.17, 15) is 14.7 Å². The van der Waals surface area contributed by atoms with Crippen LogP contribution in [-0.2, 0) is 9.59 Å². The molecule has 2 N–H and O–H groups in total. The number of anilines is 1. The van der Waals surface area contributed by atoms with E-state index in [0.29, 0.717) is 18.7 Å². The molecule has 1 aromatic rings. The summed E-state index contributed by atoms with van der Waals surface area (Å²) < 4.78 is 0. The van der Waals surface area contributed by atoms with Gasteiger partial charge in [0.15, 0.2) is 5.82 Å². The Hall–Kier alpha value is -1.98. The average Bonchev–Trinajstić information content (AvgIpc) is 2.66. The number of nitrogens with zero attached hydrogens (tertiary/aromatic N) is 2. The van der Waals surface area contributed by atoms with Gasteiger partial charge in [0.2, 0.25) is 5.91 Å². The molecule has 0 saturated heterocycles. The third-order valence-electron chi connectivity index (χ3n) is 3.85. The lowest BCUT2D eigenvalue weighted by Crippen LogP contribution is -2.35. The molecule has 0 atom stereocenters. The summed E-state index contributed by atoms with van der Waals surface area (Å²) in [6.45, 7) is 0. The van der Waals surface area contributed by atoms with Crippen LogP contribution in [0.15, 0.2) is 18.3 Å². The summed E-state index contributed by atoms with van der Waals surface area (Å²) in [6.07, 6.45) is 6.46. The van der Waals surface area contributed by atoms with Crippen LogP contribution in [0.2, 0.25) is 0 Å². The molecule has 1 aliphatic rings. The molecule has 1 amide bonds. The van der Waals surface area contributed by atoms with Crippen molar-refractivity contribution in [2.45, 2.75) is 44.9 Å². The third-order valence-corrected chi connectivity index (χ3v) is 3.85. The maximum Gasteiger partial charge on any atom is 0.310 e. The summed E-state index contributed by atoms with van der Waals surface area (Å²) >= 11 is 0. The SMILES string of the molecule is O=C(CC1(C(=O)O)CCCCCC1)Nc1cccnn1. The zero-order valence-corrected chi connectivity index (χ0v) is 11.3. The highest BCUT2D eigenvalue weighted by molar-refractivity contribution is 5.93. The van der Waals surface area contributed by atoms with Crippen molar-refractivity contribution in [3.8, 4) is 0 Å². The number of amides is 1. The number of rotatable bonds is 4. The Balaban J connectivity index is 2.04. The fraction of sp³-hybridized carbons (Fsp3) is 0.571. The van der Waals surface area contributed by atoms with Crippen molar-refractivity contribution in [2.75, 3.05) is 5.32 Å². The van der Waals surface area contributed by atoms with Gasteiger partial charge in [0, 0.05) is 12.6 Å². The molecular formula is C14H19N3O3. The van der Waals surface area contributed by atoms with Crippen LogP contribution < -0.4 is 5.32 Å². The average molecular weight is 277 g/mol. The molecule has 0 spiro atoms. The van der Waals surface area contributed by atoms with Crippen molar-refractivity contribution in [1.29, 1.82) is 0 Å². The number of hydrogen-bond donors (Lipinski definition) is 2. The van der Waals surface area contributed by atoms with Crippen molar-refractivity contribution < 1.29 is 14.7 Å². The molecule has 2 rings (SSSR count). The highest BCUT2D eigenvalue weighted by atomic mass is 16.4. The third kappa shape index (κ3) is 3.53. The van der Waals surface area contributed by atoms with Crippen molar-refractivity contribution >= 4 is 17.7 Å². The summed E-state index contributed by atoms with van der Waals surface area (Å²) in [5.41, 5.74) is -0.928. The maximum atomic E-state index is 12.1. The number of carbonyl (C=O) groups excluding carboxylic acids is 1. The predicted molar refractivity (Wildman–Crippen MR) is 73.0 cm³/mol. The molecule has 6 heteroatoms. The van der Waals surface area contributed by atoms with E-state index >= 15 is 0 Å². The molecule has 0 bridgehead atoms. The largest absolute Gasteiger partial charge is 0.481 e. The highest BCUT2D eigenvalue weighted by Crippen LogP contribution is 2.38. The number of carboxylic acid groups (broad SMARTS) is 1. The molecule has 108 valence electrons. The molecule has 0 aromatic carbocycles. The first kappa shape index (κ1) is 14.4. The van der Waals surface area contributed by atoms with Crippen molar-refractivity contribution in [2.24, 2.45) is 5.41 Å². The van der Waals surface area contributed by atoms with Gasteiger partial charge in [0.25, 0.3) is 0 Å². The topological polar surface area (TPSA) is 92.2 Å². The zero-order valence-electron chi connectivity index (χ0n) is 11.3. The van der Waals surface area contributed by atoms with E-state index < -0.39 is 11.4 Å². The maximum absolute atomic E-state index is 12.1. The minimum Gasteiger partial charge on any atom is -0.481 e. The first-order chi connectivity index (χ1) is 9.62. The van der Waals surface area contributed by atoms with E-state index in [2.05, 4.69) is 15.5 Å². The second-order valence-corrected chi connectivity index (χ2v) is 5.33. The number of aliphatic carboxylic acids is 1. The number of aromatic nitrogens is 2. The normalized spacial score (nSPS) is 18.0. The lowest BCUT2D eigenvalue weighted by molar-refractivity contribution is -0.152. The van der Waals surface area contributed by atoms with Gasteiger partial charge in [-0.15, -0.1) is 5.10 Å². The second kappa shape index (κ2) is 6.45. The smallest absolute Gasteiger partial charge is 0.310 e. The molecule has 1 fully saturated rings. The molecule has 1 aromatic heterocycles. The minimum atomic E-state index is -0.928. The minimum absolute atomic E-state index is 0.00108. The summed E-state index contributed by atoms with van der Waals surface area (Å²) in [6, 6.07) is 3.30. The zero-order chi connectivity index (χ0) is 14.4. The molecular weight excluding hydrogens is 258 g/mol. The van der Waals surface area contributed by atoms with Gasteiger partial charge in [0.1, 0.15) is 0 Å². The van der Waals surface area contributed by atoms with Gasteiger partial charge in [-0.3, -0.25) is 9.59 Å². The Morgan fingerprint density at radius 2 is 1.95 bits per heavy atom. The van der Waals surface area contributed by atoms with Gasteiger partial charge in [-0.25, -0.2) is 0 Å². The van der Waals surface area contributed by atoms with Crippen LogP contribution in [0.5, 0.6) is 0 Å². The summed E-state index contributed by atoms with van der Waals surface area (Å²) in [5, 5.41) is 19.6. The number of carbonyl (C=O) groups is 2. The number of nitrogens with one attached hydrogen (secondary N) is 1. The van der Waals surface area contributed by atoms with Crippen molar-refractivity contribution in [3.05, 3.63) is 18.3 Å². The Bertz CT molecular complexity index is 468. The van der Waals surface area contributed by atoms with E-state index in [1.807, 2.05) is 0 Å². The first-order valence-corrected chi connectivity index (χ1v) is 6.93. The summed E-state index contributed by atoms with van der Waals surface area (Å²) in [7, 11) is 0. The fourth-order valence-electron chi connectivity index (χ4n) is 2.73. The molecule has 0 unspecified atom stereocenters. The number of carboxylic acids is 1. The van der Waals surface area contributed by atoms with E-state index in [1.165, 1.54) is 6.20 Å². The lowest BCUT2D eigenvalue weighted by atomic mass is 9.77. The summed E-state index contributed by atoms with van der Waals surface area (Å²) in [5.74, 6) is -0.824. The quantitative estimate of drug-likeness (QED) is 0.823. The molecule has 20 heavy (non-hydrogen) atoms. The van der Waals surface area contributed by atoms with Gasteiger partial charge >= 0.3 is 5.97 Å². The van der Waals surface area contributed by atoms with Crippen molar-refractivity contribution in [1.82, 2.24) is 10.2 Å². The summed E-state index contributed by atoms with van der Waals surface area (Å²) in [4.78, 5) is 23.7. The second-order valence-electron chi connectivity index (χ2n) is 5.33. The lowest BCUT2D eigenvalue weighted by Gasteiger charge is -2.27. The van der Waals surface area contributed by atoms with Crippen LogP contribution in [0, 0.1) is 5.41 Å². The molecule has 1 saturated carbocycles. The Morgan fingerprint density at radius 3 is 2.50 bits per heavy atom. The van der Waals surface area contributed by atoms with Gasteiger partial charge in [-0.2, -0.15) is 5.10 Å². The van der Waals surface area contributed by atoms with E-state index in [1.54, 1.807) is 12.1 Å². The molecule has 1 heterocycles. The Morgan fingerprint density at radius 1 is 1.25 bits per heavy atom. The predicted octanol–water partition coefficient (Wildman–Crippen LogP) is 2.23. The molecule has 6 nitrogen and oxygen atoms in total. The monoisotopic (exact) mass is 277 g/mol. The van der Waals surface area contributed by atoms with E-state index in [-0.39, 0.29) is 12.3 Å². The fourth-order valence-corrected chi connectivity index (χ4v) is 2.73. The van der Waals surface area contributed by atoms with Gasteiger partial charge in [-0.05, 0) is 25.0 Å². The van der Waals surface area contributed by atoms with Crippen LogP contribution in [0.1, 0.15) is 44.9 Å². The molecule has 0 aliphatic heterocycles. The molecule has 1 aliphatic carbocycles. The van der Waals surface area contributed by atoms with Crippen LogP contribution in [0.25, 0.3) is 0 Å². The van der Waals surface area contributed by atoms with Crippen LogP contribution >= 0.6 is 0 Å². The molecule has 0 radical (unpaired) electrons. The number of hydrogen-bond acceptors (Lipinski definition) is 4. The van der Waals surface area contributed by atoms with Crippen molar-refractivity contribution in [3.63, 3.8) is 0 Å². The Labute approximate surface area is 117 Å². The van der Waals surface area contributed by atoms with Crippen LogP contribution in [0.4, 0.5) is 5.82 Å². The van der Waals surface area contributed by atoms with Gasteiger partial charge < -0.3 is 10.4 Å². The van der Waals surface area contributed by atoms with Crippen LogP contribution in [0.3, 0.4) is 0 Å². The van der Waals surface area contributed by atoms with E-state index in [4.69, 9.17) is 0 Å². The van der Waals surface area contributed by atoms with Gasteiger partial charge in [0.05, 0.1) is 5.41 Å². The Kier molecular flexibility index (Phi) is 4.65. The van der Waals surface area contributed by atoms with Gasteiger partial charge in [-0.1, -0.05) is 25.7 Å². The highest BCUT2D eigenvalue weighted by Gasteiger charge is 2.40. The van der Waals surface area contributed by atoms with E-state index in [0.717, 1.165) is 25.7 Å².